The van der Waals surface area contributed by atoms with E-state index >= 15 is 0 Å². The predicted molar refractivity (Wildman–Crippen MR) is 129 cm³/mol. The van der Waals surface area contributed by atoms with Crippen LogP contribution in [0.5, 0.6) is 0 Å². The molecule has 1 aliphatic heterocycles. The SMILES string of the molecule is O=C(Cc1cccc(-c2cc(F)cc(F)c2)c1C1CC1)N[C@@H]1[C@@H](O[C@@H]2CCNC[C@H]2F)CCCC1(F)F. The number of carbonyl (C=O) groups is 1. The van der Waals surface area contributed by atoms with Crippen LogP contribution in [0, 0.1) is 11.6 Å². The number of nitrogens with one attached hydrogen (secondary N) is 2. The number of benzene rings is 2. The van der Waals surface area contributed by atoms with Crippen molar-refractivity contribution in [3.8, 4) is 11.1 Å². The number of hydrogen-bond acceptors (Lipinski definition) is 3. The Bertz CT molecular complexity index is 1120. The van der Waals surface area contributed by atoms with Crippen LogP contribution in [-0.2, 0) is 16.0 Å². The second-order valence-corrected chi connectivity index (χ2v) is 10.4. The molecule has 2 aromatic carbocycles. The Balaban J connectivity index is 1.36. The molecule has 4 nitrogen and oxygen atoms in total. The highest BCUT2D eigenvalue weighted by Crippen LogP contribution is 2.46. The second kappa shape index (κ2) is 10.7. The third-order valence-electron chi connectivity index (χ3n) is 7.55. The van der Waals surface area contributed by atoms with Gasteiger partial charge >= 0.3 is 0 Å². The lowest BCUT2D eigenvalue weighted by Crippen LogP contribution is -2.59. The van der Waals surface area contributed by atoms with Gasteiger partial charge in [-0.05, 0) is 79.0 Å². The molecule has 9 heteroatoms. The van der Waals surface area contributed by atoms with Crippen molar-refractivity contribution in [2.45, 2.75) is 81.2 Å². The fraction of sp³-hybridized carbons (Fsp3) is 0.536. The van der Waals surface area contributed by atoms with Gasteiger partial charge in [0.15, 0.2) is 0 Å². The van der Waals surface area contributed by atoms with Crippen LogP contribution in [0.4, 0.5) is 22.0 Å². The zero-order chi connectivity index (χ0) is 26.2. The maximum atomic E-state index is 15.0. The Morgan fingerprint density at radius 1 is 1.05 bits per heavy atom. The molecule has 5 rings (SSSR count). The van der Waals surface area contributed by atoms with Crippen molar-refractivity contribution in [2.75, 3.05) is 13.1 Å². The average Bonchev–Trinajstić information content (AvgIpc) is 3.67. The van der Waals surface area contributed by atoms with E-state index in [1.807, 2.05) is 0 Å². The largest absolute Gasteiger partial charge is 0.369 e. The normalized spacial score (nSPS) is 27.6. The Hall–Kier alpha value is -2.52. The summed E-state index contributed by atoms with van der Waals surface area (Å²) in [6, 6.07) is 6.95. The van der Waals surface area contributed by atoms with Crippen molar-refractivity contribution < 1.29 is 31.5 Å². The molecule has 2 aliphatic carbocycles. The molecule has 3 aliphatic rings. The highest BCUT2D eigenvalue weighted by Gasteiger charge is 2.49. The third-order valence-corrected chi connectivity index (χ3v) is 7.55. The maximum Gasteiger partial charge on any atom is 0.270 e. The van der Waals surface area contributed by atoms with Crippen LogP contribution in [-0.4, -0.2) is 49.3 Å². The van der Waals surface area contributed by atoms with Gasteiger partial charge in [0, 0.05) is 19.0 Å². The zero-order valence-corrected chi connectivity index (χ0v) is 20.4. The number of hydrogen-bond donors (Lipinski definition) is 2. The monoisotopic (exact) mass is 522 g/mol. The fourth-order valence-corrected chi connectivity index (χ4v) is 5.63. The quantitative estimate of drug-likeness (QED) is 0.476. The van der Waals surface area contributed by atoms with Gasteiger partial charge in [0.2, 0.25) is 5.91 Å². The Morgan fingerprint density at radius 3 is 2.51 bits per heavy atom. The molecule has 3 fully saturated rings. The van der Waals surface area contributed by atoms with E-state index in [0.29, 0.717) is 36.1 Å². The standard InChI is InChI=1S/C28H31F5N2O2/c29-19-11-18(12-20(30)14-19)21-4-1-3-17(26(21)16-6-7-16)13-25(36)35-27-24(5-2-9-28(27,32)33)37-23-8-10-34-15-22(23)31/h1,3-4,11-12,14,16,22-24,27,34H,2,5-10,13,15H2,(H,35,36)/t22-,23-,24+,27-/m1/s1. The minimum absolute atomic E-state index is 0.111. The van der Waals surface area contributed by atoms with Crippen molar-refractivity contribution in [3.63, 3.8) is 0 Å². The molecule has 37 heavy (non-hydrogen) atoms. The molecule has 0 aromatic heterocycles. The molecule has 0 spiro atoms. The molecule has 0 bridgehead atoms. The number of amides is 1. The zero-order valence-electron chi connectivity index (χ0n) is 20.4. The van der Waals surface area contributed by atoms with Gasteiger partial charge in [-0.3, -0.25) is 4.79 Å². The molecule has 0 radical (unpaired) electrons. The van der Waals surface area contributed by atoms with E-state index in [1.54, 1.807) is 18.2 Å². The molecule has 1 amide bonds. The van der Waals surface area contributed by atoms with E-state index in [4.69, 9.17) is 4.74 Å². The minimum atomic E-state index is -3.18. The van der Waals surface area contributed by atoms with Crippen molar-refractivity contribution >= 4 is 5.91 Å². The molecular formula is C28H31F5N2O2. The Morgan fingerprint density at radius 2 is 1.81 bits per heavy atom. The molecule has 200 valence electrons. The predicted octanol–water partition coefficient (Wildman–Crippen LogP) is 5.44. The van der Waals surface area contributed by atoms with E-state index in [-0.39, 0.29) is 31.7 Å². The first-order valence-corrected chi connectivity index (χ1v) is 13.0. The second-order valence-electron chi connectivity index (χ2n) is 10.4. The van der Waals surface area contributed by atoms with Crippen molar-refractivity contribution in [1.82, 2.24) is 10.6 Å². The van der Waals surface area contributed by atoms with Crippen molar-refractivity contribution in [1.29, 1.82) is 0 Å². The number of rotatable bonds is 7. The highest BCUT2D eigenvalue weighted by atomic mass is 19.3. The lowest BCUT2D eigenvalue weighted by molar-refractivity contribution is -0.162. The molecule has 2 aromatic rings. The van der Waals surface area contributed by atoms with Gasteiger partial charge in [-0.1, -0.05) is 18.2 Å². The lowest BCUT2D eigenvalue weighted by atomic mass is 9.87. The summed E-state index contributed by atoms with van der Waals surface area (Å²) < 4.78 is 77.9. The summed E-state index contributed by atoms with van der Waals surface area (Å²) in [5.41, 5.74) is 2.47. The van der Waals surface area contributed by atoms with E-state index in [0.717, 1.165) is 24.5 Å². The summed E-state index contributed by atoms with van der Waals surface area (Å²) in [7, 11) is 0. The van der Waals surface area contributed by atoms with Gasteiger partial charge in [0.25, 0.3) is 5.92 Å². The van der Waals surface area contributed by atoms with E-state index < -0.39 is 47.9 Å². The van der Waals surface area contributed by atoms with Gasteiger partial charge in [0.1, 0.15) is 23.8 Å². The molecule has 1 heterocycles. The van der Waals surface area contributed by atoms with Crippen LogP contribution in [0.15, 0.2) is 36.4 Å². The Labute approximate surface area is 213 Å². The third kappa shape index (κ3) is 5.98. The lowest BCUT2D eigenvalue weighted by Gasteiger charge is -2.41. The number of ether oxygens (including phenoxy) is 1. The number of piperidine rings is 1. The highest BCUT2D eigenvalue weighted by molar-refractivity contribution is 5.81. The summed E-state index contributed by atoms with van der Waals surface area (Å²) in [4.78, 5) is 13.1. The maximum absolute atomic E-state index is 15.0. The summed E-state index contributed by atoms with van der Waals surface area (Å²) in [5, 5.41) is 5.42. The van der Waals surface area contributed by atoms with Crippen LogP contribution >= 0.6 is 0 Å². The summed E-state index contributed by atoms with van der Waals surface area (Å²) in [6.45, 7) is 0.654. The van der Waals surface area contributed by atoms with E-state index in [9.17, 15) is 26.7 Å². The molecule has 0 unspecified atom stereocenters. The molecule has 2 saturated carbocycles. The van der Waals surface area contributed by atoms with Gasteiger partial charge < -0.3 is 15.4 Å². The van der Waals surface area contributed by atoms with Crippen LogP contribution in [0.25, 0.3) is 11.1 Å². The summed E-state index contributed by atoms with van der Waals surface area (Å²) in [6.07, 6.45) is -0.939. The first kappa shape index (κ1) is 26.1. The fourth-order valence-electron chi connectivity index (χ4n) is 5.63. The van der Waals surface area contributed by atoms with Gasteiger partial charge in [-0.15, -0.1) is 0 Å². The smallest absolute Gasteiger partial charge is 0.270 e. The van der Waals surface area contributed by atoms with Crippen LogP contribution in [0.1, 0.15) is 55.6 Å². The summed E-state index contributed by atoms with van der Waals surface area (Å²) in [5.74, 6) is -5.03. The van der Waals surface area contributed by atoms with E-state index in [1.165, 1.54) is 12.1 Å². The van der Waals surface area contributed by atoms with Crippen molar-refractivity contribution in [2.24, 2.45) is 0 Å². The van der Waals surface area contributed by atoms with Gasteiger partial charge in [-0.2, -0.15) is 0 Å². The number of halogens is 5. The molecule has 1 saturated heterocycles. The first-order valence-electron chi connectivity index (χ1n) is 13.0. The Kier molecular flexibility index (Phi) is 7.54. The molecular weight excluding hydrogens is 491 g/mol. The van der Waals surface area contributed by atoms with Crippen LogP contribution in [0.3, 0.4) is 0 Å². The topological polar surface area (TPSA) is 50.4 Å². The minimum Gasteiger partial charge on any atom is -0.369 e. The first-order chi connectivity index (χ1) is 17.7. The van der Waals surface area contributed by atoms with E-state index in [2.05, 4.69) is 10.6 Å². The molecule has 4 atom stereocenters. The number of alkyl halides is 3. The summed E-state index contributed by atoms with van der Waals surface area (Å²) >= 11 is 0. The van der Waals surface area contributed by atoms with Gasteiger partial charge in [-0.25, -0.2) is 22.0 Å². The van der Waals surface area contributed by atoms with Crippen LogP contribution in [0.2, 0.25) is 0 Å². The van der Waals surface area contributed by atoms with Gasteiger partial charge in [0.05, 0.1) is 18.6 Å². The van der Waals surface area contributed by atoms with Crippen molar-refractivity contribution in [3.05, 3.63) is 59.2 Å². The molecule has 2 N–H and O–H groups in total. The number of carbonyl (C=O) groups excluding carboxylic acids is 1. The average molecular weight is 523 g/mol. The van der Waals surface area contributed by atoms with Crippen LogP contribution < -0.4 is 10.6 Å².